The minimum absolute atomic E-state index is 0.0312. The number of hydrogen-bond acceptors (Lipinski definition) is 4. The largest absolute Gasteiger partial charge is 0.477 e. The van der Waals surface area contributed by atoms with Gasteiger partial charge in [0.25, 0.3) is 0 Å². The topological polar surface area (TPSA) is 83.6 Å². The van der Waals surface area contributed by atoms with Gasteiger partial charge in [0.1, 0.15) is 4.88 Å². The number of rotatable bonds is 3. The van der Waals surface area contributed by atoms with Crippen LogP contribution >= 0.6 is 11.3 Å². The van der Waals surface area contributed by atoms with Gasteiger partial charge in [-0.1, -0.05) is 31.1 Å². The molecule has 3 N–H and O–H groups in total. The van der Waals surface area contributed by atoms with Crippen molar-refractivity contribution in [2.45, 2.75) is 77.8 Å². The zero-order valence-corrected chi connectivity index (χ0v) is 17.8. The molecule has 2 atom stereocenters. The molecule has 0 spiro atoms. The maximum absolute atomic E-state index is 13.1. The van der Waals surface area contributed by atoms with E-state index in [0.29, 0.717) is 22.9 Å². The number of carbonyl (C=O) groups is 2. The lowest BCUT2D eigenvalue weighted by molar-refractivity contribution is -0.122. The molecule has 2 heterocycles. The standard InChI is InChI=1S/C22H30N2O3S/c1-22(2,3)12-11-15-13-18(19(28-15)21(26)27)24-17(10-9-16(23)20(24)25)14-7-5-4-6-8-14/h13-14,16-17H,4-10,23H2,1-3H3,(H,26,27). The first-order chi connectivity index (χ1) is 13.2. The average molecular weight is 403 g/mol. The lowest BCUT2D eigenvalue weighted by Gasteiger charge is -2.43. The third-order valence-electron chi connectivity index (χ3n) is 5.58. The summed E-state index contributed by atoms with van der Waals surface area (Å²) in [4.78, 5) is 27.6. The molecule has 3 rings (SSSR count). The highest BCUT2D eigenvalue weighted by Gasteiger charge is 2.40. The average Bonchev–Trinajstić information content (AvgIpc) is 3.06. The molecule has 1 aromatic rings. The maximum atomic E-state index is 13.1. The Morgan fingerprint density at radius 2 is 1.89 bits per heavy atom. The number of nitrogens with two attached hydrogens (primary N) is 1. The van der Waals surface area contributed by atoms with E-state index in [-0.39, 0.29) is 22.2 Å². The van der Waals surface area contributed by atoms with Gasteiger partial charge in [-0.25, -0.2) is 4.79 Å². The molecule has 1 aliphatic carbocycles. The van der Waals surface area contributed by atoms with Gasteiger partial charge in [-0.15, -0.1) is 11.3 Å². The van der Waals surface area contributed by atoms with E-state index in [1.807, 2.05) is 20.8 Å². The third kappa shape index (κ3) is 4.59. The van der Waals surface area contributed by atoms with E-state index in [2.05, 4.69) is 11.8 Å². The lowest BCUT2D eigenvalue weighted by Crippen LogP contribution is -2.56. The fraction of sp³-hybridized carbons (Fsp3) is 0.636. The second-order valence-corrected chi connectivity index (χ2v) is 10.0. The van der Waals surface area contributed by atoms with Crippen molar-refractivity contribution in [3.63, 3.8) is 0 Å². The van der Waals surface area contributed by atoms with Crippen molar-refractivity contribution < 1.29 is 14.7 Å². The van der Waals surface area contributed by atoms with E-state index >= 15 is 0 Å². The highest BCUT2D eigenvalue weighted by Crippen LogP contribution is 2.40. The molecule has 2 fully saturated rings. The minimum atomic E-state index is -1.02. The SMILES string of the molecule is CC(C)(C)C#Cc1cc(N2C(=O)C(N)CCC2C2CCCCC2)c(C(=O)O)s1. The summed E-state index contributed by atoms with van der Waals surface area (Å²) in [5.41, 5.74) is 6.38. The second-order valence-electron chi connectivity index (χ2n) is 8.99. The Kier molecular flexibility index (Phi) is 6.16. The van der Waals surface area contributed by atoms with Crippen molar-refractivity contribution in [3.05, 3.63) is 15.8 Å². The molecule has 1 saturated heterocycles. The summed E-state index contributed by atoms with van der Waals surface area (Å²) in [6.07, 6.45) is 7.26. The first kappa shape index (κ1) is 20.9. The number of piperidine rings is 1. The molecular weight excluding hydrogens is 372 g/mol. The Morgan fingerprint density at radius 1 is 1.21 bits per heavy atom. The molecule has 0 aromatic carbocycles. The number of amides is 1. The van der Waals surface area contributed by atoms with Crippen LogP contribution in [0.3, 0.4) is 0 Å². The van der Waals surface area contributed by atoms with Crippen molar-refractivity contribution in [1.82, 2.24) is 0 Å². The van der Waals surface area contributed by atoms with Crippen LogP contribution in [0.4, 0.5) is 5.69 Å². The number of nitrogens with zero attached hydrogens (tertiary/aromatic N) is 1. The summed E-state index contributed by atoms with van der Waals surface area (Å²) in [6, 6.07) is 1.24. The van der Waals surface area contributed by atoms with E-state index in [0.717, 1.165) is 30.6 Å². The molecule has 1 aromatic heterocycles. The van der Waals surface area contributed by atoms with Crippen LogP contribution in [0.5, 0.6) is 0 Å². The van der Waals surface area contributed by atoms with Crippen molar-refractivity contribution in [1.29, 1.82) is 0 Å². The molecule has 1 amide bonds. The number of carboxylic acid groups (broad SMARTS) is 1. The van der Waals surface area contributed by atoms with Crippen molar-refractivity contribution in [3.8, 4) is 11.8 Å². The van der Waals surface area contributed by atoms with Crippen LogP contribution in [-0.2, 0) is 4.79 Å². The quantitative estimate of drug-likeness (QED) is 0.741. The predicted molar refractivity (Wildman–Crippen MR) is 113 cm³/mol. The van der Waals surface area contributed by atoms with Crippen molar-refractivity contribution >= 4 is 28.9 Å². The predicted octanol–water partition coefficient (Wildman–Crippen LogP) is 4.25. The van der Waals surface area contributed by atoms with E-state index in [1.165, 1.54) is 19.3 Å². The van der Waals surface area contributed by atoms with E-state index in [4.69, 9.17) is 5.73 Å². The van der Waals surface area contributed by atoms with Gasteiger partial charge in [-0.05, 0) is 58.4 Å². The van der Waals surface area contributed by atoms with E-state index < -0.39 is 12.0 Å². The summed E-state index contributed by atoms with van der Waals surface area (Å²) in [5, 5.41) is 9.78. The van der Waals surface area contributed by atoms with Gasteiger partial charge >= 0.3 is 5.97 Å². The van der Waals surface area contributed by atoms with Gasteiger partial charge in [0.15, 0.2) is 0 Å². The van der Waals surface area contributed by atoms with Crippen LogP contribution < -0.4 is 10.6 Å². The fourth-order valence-corrected chi connectivity index (χ4v) is 5.07. The molecule has 0 bridgehead atoms. The van der Waals surface area contributed by atoms with Gasteiger partial charge in [0, 0.05) is 11.5 Å². The number of aromatic carboxylic acids is 1. The van der Waals surface area contributed by atoms with Crippen LogP contribution in [0, 0.1) is 23.2 Å². The Morgan fingerprint density at radius 3 is 2.50 bits per heavy atom. The molecule has 152 valence electrons. The van der Waals surface area contributed by atoms with Gasteiger partial charge < -0.3 is 15.7 Å². The van der Waals surface area contributed by atoms with E-state index in [1.54, 1.807) is 11.0 Å². The van der Waals surface area contributed by atoms with Gasteiger partial charge in [0.2, 0.25) is 5.91 Å². The summed E-state index contributed by atoms with van der Waals surface area (Å²) >= 11 is 1.15. The Labute approximate surface area is 171 Å². The Hall–Kier alpha value is -1.84. The van der Waals surface area contributed by atoms with Gasteiger partial charge in [0.05, 0.1) is 16.6 Å². The first-order valence-electron chi connectivity index (χ1n) is 10.2. The number of carbonyl (C=O) groups excluding carboxylic acids is 1. The second kappa shape index (κ2) is 8.26. The Bertz CT molecular complexity index is 806. The third-order valence-corrected chi connectivity index (χ3v) is 6.61. The zero-order chi connectivity index (χ0) is 20.5. The Balaban J connectivity index is 2.02. The summed E-state index contributed by atoms with van der Waals surface area (Å²) in [5.74, 6) is 5.49. The molecule has 6 heteroatoms. The zero-order valence-electron chi connectivity index (χ0n) is 17.0. The van der Waals surface area contributed by atoms with Crippen molar-refractivity contribution in [2.75, 3.05) is 4.90 Å². The van der Waals surface area contributed by atoms with Gasteiger partial charge in [-0.3, -0.25) is 4.79 Å². The molecule has 28 heavy (non-hydrogen) atoms. The molecule has 1 aliphatic heterocycles. The minimum Gasteiger partial charge on any atom is -0.477 e. The molecule has 1 saturated carbocycles. The van der Waals surface area contributed by atoms with E-state index in [9.17, 15) is 14.7 Å². The number of hydrogen-bond donors (Lipinski definition) is 2. The monoisotopic (exact) mass is 402 g/mol. The summed E-state index contributed by atoms with van der Waals surface area (Å²) in [7, 11) is 0. The fourth-order valence-electron chi connectivity index (χ4n) is 4.23. The van der Waals surface area contributed by atoms with Crippen LogP contribution in [0.2, 0.25) is 0 Å². The highest BCUT2D eigenvalue weighted by atomic mass is 32.1. The maximum Gasteiger partial charge on any atom is 0.348 e. The van der Waals surface area contributed by atoms with Crippen LogP contribution in [0.15, 0.2) is 6.07 Å². The van der Waals surface area contributed by atoms with Crippen LogP contribution in [-0.4, -0.2) is 29.1 Å². The normalized spacial score (nSPS) is 24.0. The number of anilines is 1. The first-order valence-corrected chi connectivity index (χ1v) is 11.0. The molecular formula is C22H30N2O3S. The molecule has 2 aliphatic rings. The van der Waals surface area contributed by atoms with Crippen molar-refractivity contribution in [2.24, 2.45) is 17.1 Å². The number of thiophene rings is 1. The summed E-state index contributed by atoms with van der Waals surface area (Å²) in [6.45, 7) is 6.04. The van der Waals surface area contributed by atoms with Crippen LogP contribution in [0.1, 0.15) is 80.3 Å². The number of carboxylic acids is 1. The van der Waals surface area contributed by atoms with Gasteiger partial charge in [-0.2, -0.15) is 0 Å². The molecule has 5 nitrogen and oxygen atoms in total. The lowest BCUT2D eigenvalue weighted by atomic mass is 9.79. The summed E-state index contributed by atoms with van der Waals surface area (Å²) < 4.78 is 0. The molecule has 0 radical (unpaired) electrons. The highest BCUT2D eigenvalue weighted by molar-refractivity contribution is 7.15. The smallest absolute Gasteiger partial charge is 0.348 e. The van der Waals surface area contributed by atoms with Crippen LogP contribution in [0.25, 0.3) is 0 Å². The molecule has 2 unspecified atom stereocenters.